The first-order valence-corrected chi connectivity index (χ1v) is 9.69. The Morgan fingerprint density at radius 1 is 1.29 bits per heavy atom. The van der Waals surface area contributed by atoms with Gasteiger partial charge in [0.15, 0.2) is 0 Å². The number of aliphatic carboxylic acids is 1. The lowest BCUT2D eigenvalue weighted by molar-refractivity contribution is -0.137. The van der Waals surface area contributed by atoms with E-state index in [1.54, 1.807) is 6.20 Å². The van der Waals surface area contributed by atoms with Crippen molar-refractivity contribution < 1.29 is 14.6 Å². The van der Waals surface area contributed by atoms with Crippen LogP contribution in [0.3, 0.4) is 0 Å². The molecular weight excluding hydrogens is 401 g/mol. The Morgan fingerprint density at radius 2 is 2.07 bits per heavy atom. The molecule has 6 nitrogen and oxygen atoms in total. The van der Waals surface area contributed by atoms with E-state index < -0.39 is 5.97 Å². The number of rotatable bonds is 9. The van der Waals surface area contributed by atoms with Crippen molar-refractivity contribution in [2.45, 2.75) is 51.0 Å². The van der Waals surface area contributed by atoms with Gasteiger partial charge in [0, 0.05) is 18.7 Å². The average Bonchev–Trinajstić information content (AvgIpc) is 3.17. The fourth-order valence-corrected chi connectivity index (χ4v) is 3.32. The van der Waals surface area contributed by atoms with Crippen molar-refractivity contribution >= 4 is 41.6 Å². The number of hydrogen-bond acceptors (Lipinski definition) is 5. The van der Waals surface area contributed by atoms with Gasteiger partial charge in [0.25, 0.3) is 0 Å². The topological polar surface area (TPSA) is 84.3 Å². The van der Waals surface area contributed by atoms with Crippen LogP contribution in [0.1, 0.15) is 43.4 Å². The Bertz CT molecular complexity index is 766. The van der Waals surface area contributed by atoms with Crippen LogP contribution in [0.2, 0.25) is 5.02 Å². The maximum absolute atomic E-state index is 10.6. The summed E-state index contributed by atoms with van der Waals surface area (Å²) in [6, 6.07) is 7.86. The minimum Gasteiger partial charge on any atom is -0.481 e. The minimum absolute atomic E-state index is 0. The van der Waals surface area contributed by atoms with Gasteiger partial charge in [-0.3, -0.25) is 4.79 Å². The average molecular weight is 426 g/mol. The van der Waals surface area contributed by atoms with Crippen molar-refractivity contribution in [3.63, 3.8) is 0 Å². The van der Waals surface area contributed by atoms with Crippen LogP contribution in [-0.2, 0) is 22.4 Å². The summed E-state index contributed by atoms with van der Waals surface area (Å²) < 4.78 is 5.66. The molecule has 1 aromatic heterocycles. The van der Waals surface area contributed by atoms with Crippen molar-refractivity contribution in [1.29, 1.82) is 0 Å². The third kappa shape index (κ3) is 6.93. The molecular formula is C20H25Cl2N3O3. The van der Waals surface area contributed by atoms with E-state index >= 15 is 0 Å². The highest BCUT2D eigenvalue weighted by atomic mass is 35.5. The molecule has 0 unspecified atom stereocenters. The van der Waals surface area contributed by atoms with Gasteiger partial charge in [-0.05, 0) is 56.2 Å². The molecule has 1 atom stereocenters. The van der Waals surface area contributed by atoms with Gasteiger partial charge in [-0.25, -0.2) is 9.97 Å². The first kappa shape index (κ1) is 22.4. The Hall–Kier alpha value is -1.89. The number of hydrogen-bond donors (Lipinski definition) is 2. The molecule has 2 aromatic rings. The molecule has 1 aliphatic heterocycles. The van der Waals surface area contributed by atoms with Crippen LogP contribution in [-0.4, -0.2) is 33.8 Å². The largest absolute Gasteiger partial charge is 0.481 e. The summed E-state index contributed by atoms with van der Waals surface area (Å²) >= 11 is 6.24. The highest BCUT2D eigenvalue weighted by Gasteiger charge is 2.16. The van der Waals surface area contributed by atoms with Gasteiger partial charge in [0.2, 0.25) is 5.95 Å². The molecule has 1 fully saturated rings. The highest BCUT2D eigenvalue weighted by molar-refractivity contribution is 6.31. The van der Waals surface area contributed by atoms with Crippen LogP contribution in [0, 0.1) is 0 Å². The Labute approximate surface area is 176 Å². The molecule has 152 valence electrons. The summed E-state index contributed by atoms with van der Waals surface area (Å²) in [6.07, 6.45) is 7.42. The number of halogens is 2. The summed E-state index contributed by atoms with van der Waals surface area (Å²) in [7, 11) is 0. The first-order chi connectivity index (χ1) is 13.1. The molecule has 2 heterocycles. The van der Waals surface area contributed by atoms with E-state index in [-0.39, 0.29) is 18.8 Å². The fraction of sp³-hybridized carbons (Fsp3) is 0.450. The molecule has 0 saturated carbocycles. The zero-order valence-electron chi connectivity index (χ0n) is 15.6. The van der Waals surface area contributed by atoms with Gasteiger partial charge in [0.05, 0.1) is 23.0 Å². The number of carbonyl (C=O) groups is 1. The summed E-state index contributed by atoms with van der Waals surface area (Å²) in [5.41, 5.74) is 2.82. The number of aromatic nitrogens is 2. The van der Waals surface area contributed by atoms with Crippen molar-refractivity contribution in [2.24, 2.45) is 0 Å². The molecule has 0 amide bonds. The fourth-order valence-electron chi connectivity index (χ4n) is 3.14. The Kier molecular flexibility index (Phi) is 8.96. The lowest BCUT2D eigenvalue weighted by atomic mass is 10.1. The highest BCUT2D eigenvalue weighted by Crippen LogP contribution is 2.22. The number of carboxylic acid groups (broad SMARTS) is 1. The first-order valence-electron chi connectivity index (χ1n) is 9.31. The molecule has 0 radical (unpaired) electrons. The van der Waals surface area contributed by atoms with E-state index in [9.17, 15) is 4.79 Å². The van der Waals surface area contributed by atoms with E-state index in [2.05, 4.69) is 15.3 Å². The second-order valence-corrected chi connectivity index (χ2v) is 7.14. The van der Waals surface area contributed by atoms with Crippen molar-refractivity contribution in [3.05, 3.63) is 46.7 Å². The molecule has 0 aliphatic carbocycles. The number of nitrogens with zero attached hydrogens (tertiary/aromatic N) is 2. The molecule has 3 rings (SSSR count). The molecule has 2 N–H and O–H groups in total. The summed E-state index contributed by atoms with van der Waals surface area (Å²) in [5, 5.41) is 12.5. The number of anilines is 2. The molecule has 1 aromatic carbocycles. The Morgan fingerprint density at radius 3 is 2.75 bits per heavy atom. The van der Waals surface area contributed by atoms with Gasteiger partial charge in [-0.15, -0.1) is 12.4 Å². The van der Waals surface area contributed by atoms with Gasteiger partial charge in [0.1, 0.15) is 0 Å². The number of benzene rings is 1. The number of carboxylic acids is 1. The molecule has 0 bridgehead atoms. The predicted molar refractivity (Wildman–Crippen MR) is 112 cm³/mol. The van der Waals surface area contributed by atoms with E-state index in [0.29, 0.717) is 23.5 Å². The second-order valence-electron chi connectivity index (χ2n) is 6.73. The van der Waals surface area contributed by atoms with Gasteiger partial charge < -0.3 is 15.2 Å². The SMILES string of the molecule is Cl.O=C(O)CCCc1ccc(Nc2ncc(Cl)c(CC[C@@H]3CCCO3)n2)cc1. The normalized spacial score (nSPS) is 15.8. The van der Waals surface area contributed by atoms with E-state index in [1.165, 1.54) is 0 Å². The lowest BCUT2D eigenvalue weighted by Gasteiger charge is -2.11. The molecule has 1 saturated heterocycles. The maximum Gasteiger partial charge on any atom is 0.303 e. The Balaban J connectivity index is 0.00000280. The van der Waals surface area contributed by atoms with Crippen molar-refractivity contribution in [1.82, 2.24) is 9.97 Å². The van der Waals surface area contributed by atoms with E-state index in [1.807, 2.05) is 24.3 Å². The van der Waals surface area contributed by atoms with E-state index in [4.69, 9.17) is 21.4 Å². The lowest BCUT2D eigenvalue weighted by Crippen LogP contribution is -2.08. The van der Waals surface area contributed by atoms with Crippen molar-refractivity contribution in [2.75, 3.05) is 11.9 Å². The van der Waals surface area contributed by atoms with Crippen LogP contribution in [0.15, 0.2) is 30.5 Å². The third-order valence-corrected chi connectivity index (χ3v) is 4.93. The summed E-state index contributed by atoms with van der Waals surface area (Å²) in [5.74, 6) is -0.246. The quantitative estimate of drug-likeness (QED) is 0.599. The third-order valence-electron chi connectivity index (χ3n) is 4.61. The molecule has 0 spiro atoms. The van der Waals surface area contributed by atoms with Gasteiger partial charge in [-0.2, -0.15) is 0 Å². The molecule has 1 aliphatic rings. The van der Waals surface area contributed by atoms with Crippen LogP contribution in [0.5, 0.6) is 0 Å². The monoisotopic (exact) mass is 425 g/mol. The summed E-state index contributed by atoms with van der Waals surface area (Å²) in [4.78, 5) is 19.4. The van der Waals surface area contributed by atoms with E-state index in [0.717, 1.165) is 55.7 Å². The smallest absolute Gasteiger partial charge is 0.303 e. The van der Waals surface area contributed by atoms with Crippen LogP contribution >= 0.6 is 24.0 Å². The van der Waals surface area contributed by atoms with Crippen molar-refractivity contribution in [3.8, 4) is 0 Å². The zero-order valence-corrected chi connectivity index (χ0v) is 17.1. The maximum atomic E-state index is 10.6. The molecule has 28 heavy (non-hydrogen) atoms. The molecule has 8 heteroatoms. The zero-order chi connectivity index (χ0) is 19.1. The number of aryl methyl sites for hydroxylation is 2. The van der Waals surface area contributed by atoms with Gasteiger partial charge in [-0.1, -0.05) is 23.7 Å². The number of nitrogens with one attached hydrogen (secondary N) is 1. The summed E-state index contributed by atoms with van der Waals surface area (Å²) in [6.45, 7) is 0.848. The predicted octanol–water partition coefficient (Wildman–Crippen LogP) is 4.81. The van der Waals surface area contributed by atoms with Gasteiger partial charge >= 0.3 is 5.97 Å². The number of ether oxygens (including phenoxy) is 1. The second kappa shape index (κ2) is 11.2. The van der Waals surface area contributed by atoms with Crippen LogP contribution in [0.4, 0.5) is 11.6 Å². The van der Waals surface area contributed by atoms with Crippen LogP contribution < -0.4 is 5.32 Å². The van der Waals surface area contributed by atoms with Crippen LogP contribution in [0.25, 0.3) is 0 Å². The minimum atomic E-state index is -0.761. The standard InChI is InChI=1S/C20H24ClN3O3.ClH/c21-17-13-22-20(24-18(17)11-10-16-4-2-12-27-16)23-15-8-6-14(7-9-15)3-1-5-19(25)26;/h6-9,13,16H,1-5,10-12H2,(H,25,26)(H,22,23,24);1H/t16-;/m0./s1.